The zero-order chi connectivity index (χ0) is 14.4. The van der Waals surface area contributed by atoms with Crippen molar-refractivity contribution in [3.63, 3.8) is 0 Å². The number of rotatable bonds is 6. The van der Waals surface area contributed by atoms with Crippen molar-refractivity contribution in [2.45, 2.75) is 32.7 Å². The van der Waals surface area contributed by atoms with Gasteiger partial charge in [0.05, 0.1) is 30.2 Å². The summed E-state index contributed by atoms with van der Waals surface area (Å²) >= 11 is 0. The van der Waals surface area contributed by atoms with E-state index in [4.69, 9.17) is 9.47 Å². The standard InChI is InChI=1S/C16H20N2O2/c1-12(19-3)14-7-8-15(18-10-14)11-20-13(2)16-6-4-5-9-17-16/h4-10,12-13H,11H2,1-3H3/t12-,13?/m1/s1. The maximum atomic E-state index is 5.78. The van der Waals surface area contributed by atoms with Crippen molar-refractivity contribution in [3.8, 4) is 0 Å². The highest BCUT2D eigenvalue weighted by Gasteiger charge is 2.08. The molecule has 0 saturated heterocycles. The molecule has 2 aromatic heterocycles. The number of methoxy groups -OCH3 is 1. The zero-order valence-electron chi connectivity index (χ0n) is 12.1. The molecule has 2 aromatic rings. The van der Waals surface area contributed by atoms with Crippen LogP contribution in [0.15, 0.2) is 42.7 Å². The Kier molecular flexibility index (Phi) is 5.21. The van der Waals surface area contributed by atoms with Crippen LogP contribution in [0.4, 0.5) is 0 Å². The van der Waals surface area contributed by atoms with Crippen molar-refractivity contribution < 1.29 is 9.47 Å². The van der Waals surface area contributed by atoms with Gasteiger partial charge in [0.2, 0.25) is 0 Å². The summed E-state index contributed by atoms with van der Waals surface area (Å²) in [7, 11) is 1.69. The van der Waals surface area contributed by atoms with E-state index in [0.717, 1.165) is 17.0 Å². The van der Waals surface area contributed by atoms with Crippen molar-refractivity contribution in [2.75, 3.05) is 7.11 Å². The molecule has 0 fully saturated rings. The second-order valence-electron chi connectivity index (χ2n) is 4.67. The molecule has 0 radical (unpaired) electrons. The van der Waals surface area contributed by atoms with Crippen molar-refractivity contribution in [1.82, 2.24) is 9.97 Å². The number of hydrogen-bond acceptors (Lipinski definition) is 4. The first-order valence-electron chi connectivity index (χ1n) is 6.71. The monoisotopic (exact) mass is 272 g/mol. The van der Waals surface area contributed by atoms with Gasteiger partial charge in [0, 0.05) is 19.5 Å². The molecule has 0 spiro atoms. The highest BCUT2D eigenvalue weighted by atomic mass is 16.5. The van der Waals surface area contributed by atoms with Gasteiger partial charge in [-0.15, -0.1) is 0 Å². The summed E-state index contributed by atoms with van der Waals surface area (Å²) in [4.78, 5) is 8.67. The molecular formula is C16H20N2O2. The summed E-state index contributed by atoms with van der Waals surface area (Å²) in [6, 6.07) is 9.80. The maximum Gasteiger partial charge on any atom is 0.0971 e. The van der Waals surface area contributed by atoms with Crippen molar-refractivity contribution in [1.29, 1.82) is 0 Å². The fourth-order valence-corrected chi connectivity index (χ4v) is 1.81. The maximum absolute atomic E-state index is 5.78. The van der Waals surface area contributed by atoms with Crippen LogP contribution in [0.3, 0.4) is 0 Å². The summed E-state index contributed by atoms with van der Waals surface area (Å²) in [5, 5.41) is 0. The van der Waals surface area contributed by atoms with Crippen molar-refractivity contribution >= 4 is 0 Å². The molecule has 106 valence electrons. The van der Waals surface area contributed by atoms with Gasteiger partial charge >= 0.3 is 0 Å². The lowest BCUT2D eigenvalue weighted by Crippen LogP contribution is -2.04. The smallest absolute Gasteiger partial charge is 0.0971 e. The SMILES string of the molecule is CO[C@H](C)c1ccc(COC(C)c2ccccn2)nc1. The normalized spacial score (nSPS) is 13.9. The minimum atomic E-state index is -0.0458. The predicted molar refractivity (Wildman–Crippen MR) is 77.1 cm³/mol. The molecule has 0 N–H and O–H groups in total. The van der Waals surface area contributed by atoms with Crippen LogP contribution in [0.2, 0.25) is 0 Å². The predicted octanol–water partition coefficient (Wildman–Crippen LogP) is 3.46. The average Bonchev–Trinajstić information content (AvgIpc) is 2.53. The van der Waals surface area contributed by atoms with Gasteiger partial charge in [-0.1, -0.05) is 12.1 Å². The Labute approximate surface area is 119 Å². The minimum Gasteiger partial charge on any atom is -0.377 e. The van der Waals surface area contributed by atoms with Crippen LogP contribution in [-0.2, 0) is 16.1 Å². The summed E-state index contributed by atoms with van der Waals surface area (Å²) in [6.45, 7) is 4.46. The molecule has 0 amide bonds. The quantitative estimate of drug-likeness (QED) is 0.807. The molecule has 0 aromatic carbocycles. The van der Waals surface area contributed by atoms with Crippen LogP contribution < -0.4 is 0 Å². The first-order chi connectivity index (χ1) is 9.70. The lowest BCUT2D eigenvalue weighted by atomic mass is 10.2. The number of pyridine rings is 2. The van der Waals surface area contributed by atoms with Gasteiger partial charge in [-0.3, -0.25) is 9.97 Å². The first-order valence-corrected chi connectivity index (χ1v) is 6.71. The number of nitrogens with zero attached hydrogens (tertiary/aromatic N) is 2. The third-order valence-electron chi connectivity index (χ3n) is 3.26. The number of aromatic nitrogens is 2. The van der Waals surface area contributed by atoms with Gasteiger partial charge in [0.25, 0.3) is 0 Å². The Hall–Kier alpha value is -1.78. The zero-order valence-corrected chi connectivity index (χ0v) is 12.1. The largest absolute Gasteiger partial charge is 0.377 e. The highest BCUT2D eigenvalue weighted by molar-refractivity contribution is 5.16. The molecule has 2 rings (SSSR count). The van der Waals surface area contributed by atoms with Gasteiger partial charge in [-0.25, -0.2) is 0 Å². The molecule has 4 nitrogen and oxygen atoms in total. The van der Waals surface area contributed by atoms with Crippen LogP contribution in [0, 0.1) is 0 Å². The highest BCUT2D eigenvalue weighted by Crippen LogP contribution is 2.17. The van der Waals surface area contributed by atoms with Crippen LogP contribution in [0.25, 0.3) is 0 Å². The second kappa shape index (κ2) is 7.12. The van der Waals surface area contributed by atoms with Crippen molar-refractivity contribution in [3.05, 3.63) is 59.7 Å². The third-order valence-corrected chi connectivity index (χ3v) is 3.26. The second-order valence-corrected chi connectivity index (χ2v) is 4.67. The molecule has 0 bridgehead atoms. The fraction of sp³-hybridized carbons (Fsp3) is 0.375. The molecule has 20 heavy (non-hydrogen) atoms. The van der Waals surface area contributed by atoms with Gasteiger partial charge in [0.1, 0.15) is 0 Å². The van der Waals surface area contributed by atoms with Crippen LogP contribution >= 0.6 is 0 Å². The van der Waals surface area contributed by atoms with E-state index in [1.807, 2.05) is 50.4 Å². The van der Waals surface area contributed by atoms with Gasteiger partial charge < -0.3 is 9.47 Å². The third kappa shape index (κ3) is 3.85. The molecule has 0 aliphatic rings. The molecule has 2 heterocycles. The van der Waals surface area contributed by atoms with Crippen LogP contribution in [0.5, 0.6) is 0 Å². The number of hydrogen-bond donors (Lipinski definition) is 0. The molecule has 0 aliphatic carbocycles. The molecule has 2 atom stereocenters. The summed E-state index contributed by atoms with van der Waals surface area (Å²) in [5.74, 6) is 0. The fourth-order valence-electron chi connectivity index (χ4n) is 1.81. The van der Waals surface area contributed by atoms with Crippen molar-refractivity contribution in [2.24, 2.45) is 0 Å². The van der Waals surface area contributed by atoms with E-state index in [1.165, 1.54) is 0 Å². The molecular weight excluding hydrogens is 252 g/mol. The average molecular weight is 272 g/mol. The van der Waals surface area contributed by atoms with E-state index in [0.29, 0.717) is 6.61 Å². The first kappa shape index (κ1) is 14.6. The van der Waals surface area contributed by atoms with E-state index in [9.17, 15) is 0 Å². The lowest BCUT2D eigenvalue weighted by molar-refractivity contribution is 0.0477. The Morgan fingerprint density at radius 2 is 1.90 bits per heavy atom. The van der Waals surface area contributed by atoms with Gasteiger partial charge in [0.15, 0.2) is 0 Å². The lowest BCUT2D eigenvalue weighted by Gasteiger charge is -2.13. The molecule has 4 heteroatoms. The van der Waals surface area contributed by atoms with Gasteiger partial charge in [-0.05, 0) is 37.6 Å². The van der Waals surface area contributed by atoms with Crippen LogP contribution in [-0.4, -0.2) is 17.1 Å². The Balaban J connectivity index is 1.91. The summed E-state index contributed by atoms with van der Waals surface area (Å²) in [6.07, 6.45) is 3.62. The molecule has 0 saturated carbocycles. The molecule has 0 aliphatic heterocycles. The summed E-state index contributed by atoms with van der Waals surface area (Å²) in [5.41, 5.74) is 2.89. The van der Waals surface area contributed by atoms with E-state index in [1.54, 1.807) is 13.3 Å². The van der Waals surface area contributed by atoms with E-state index < -0.39 is 0 Å². The Morgan fingerprint density at radius 3 is 2.50 bits per heavy atom. The van der Waals surface area contributed by atoms with E-state index >= 15 is 0 Å². The topological polar surface area (TPSA) is 44.2 Å². The minimum absolute atomic E-state index is 0.0458. The summed E-state index contributed by atoms with van der Waals surface area (Å²) < 4.78 is 11.0. The van der Waals surface area contributed by atoms with Gasteiger partial charge in [-0.2, -0.15) is 0 Å². The Bertz CT molecular complexity index is 514. The van der Waals surface area contributed by atoms with E-state index in [2.05, 4.69) is 9.97 Å². The number of ether oxygens (including phenoxy) is 2. The van der Waals surface area contributed by atoms with Crippen LogP contribution in [0.1, 0.15) is 43.0 Å². The van der Waals surface area contributed by atoms with E-state index in [-0.39, 0.29) is 12.2 Å². The Morgan fingerprint density at radius 1 is 1.05 bits per heavy atom. The molecule has 1 unspecified atom stereocenters.